The summed E-state index contributed by atoms with van der Waals surface area (Å²) in [7, 11) is 0. The third kappa shape index (κ3) is 4.02. The summed E-state index contributed by atoms with van der Waals surface area (Å²) in [6.07, 6.45) is 6.16. The van der Waals surface area contributed by atoms with Gasteiger partial charge in [0.1, 0.15) is 17.3 Å². The molecule has 0 spiro atoms. The van der Waals surface area contributed by atoms with Crippen LogP contribution in [0.1, 0.15) is 47.5 Å². The first kappa shape index (κ1) is 20.8. The number of primary amides is 1. The molecule has 2 aliphatic rings. The largest absolute Gasteiger partial charge is 0.366 e. The smallest absolute Gasteiger partial charge is 0.248 e. The molecule has 0 aliphatic carbocycles. The molecule has 3 aromatic rings. The van der Waals surface area contributed by atoms with E-state index in [1.165, 1.54) is 30.5 Å². The lowest BCUT2D eigenvalue weighted by molar-refractivity contribution is 0.1000. The number of benzene rings is 2. The Balaban J connectivity index is 1.23. The summed E-state index contributed by atoms with van der Waals surface area (Å²) in [6.45, 7) is 1.50. The van der Waals surface area contributed by atoms with Crippen LogP contribution in [0.4, 0.5) is 8.78 Å². The molecule has 2 aliphatic heterocycles. The summed E-state index contributed by atoms with van der Waals surface area (Å²) in [5.41, 5.74) is 7.86. The van der Waals surface area contributed by atoms with Crippen molar-refractivity contribution in [3.63, 3.8) is 0 Å². The standard InChI is InChI=1S/C24H25F2N5O/c25-18-4-7-21(22(26)13-18)23-14-30(29-28-23)8-9-31-19-5-6-20(31)12-17(11-19)15-2-1-3-16(10-15)24(27)32/h1-4,7,10,13-14,17,19-20H,5-6,8-9,11-12H2,(H2,27,32)/t19-,20-/m1/s1. The third-order valence-electron chi connectivity index (χ3n) is 6.86. The van der Waals surface area contributed by atoms with E-state index in [9.17, 15) is 13.6 Å². The molecular formula is C24H25F2N5O. The molecule has 1 amide bonds. The van der Waals surface area contributed by atoms with Crippen LogP contribution in [0.3, 0.4) is 0 Å². The molecular weight excluding hydrogens is 412 g/mol. The third-order valence-corrected chi connectivity index (χ3v) is 6.86. The Hall–Kier alpha value is -3.13. The van der Waals surface area contributed by atoms with Gasteiger partial charge in [-0.3, -0.25) is 14.4 Å². The van der Waals surface area contributed by atoms with Crippen molar-refractivity contribution in [1.82, 2.24) is 19.9 Å². The molecule has 5 rings (SSSR count). The molecule has 2 fully saturated rings. The number of nitrogens with zero attached hydrogens (tertiary/aromatic N) is 4. The van der Waals surface area contributed by atoms with Gasteiger partial charge >= 0.3 is 0 Å². The van der Waals surface area contributed by atoms with Crippen LogP contribution in [0.25, 0.3) is 11.3 Å². The van der Waals surface area contributed by atoms with Crippen molar-refractivity contribution in [2.75, 3.05) is 6.54 Å². The second kappa shape index (κ2) is 8.43. The van der Waals surface area contributed by atoms with E-state index in [1.807, 2.05) is 12.1 Å². The number of hydrogen-bond acceptors (Lipinski definition) is 4. The maximum absolute atomic E-state index is 14.0. The minimum atomic E-state index is -0.641. The molecule has 32 heavy (non-hydrogen) atoms. The van der Waals surface area contributed by atoms with Gasteiger partial charge in [-0.2, -0.15) is 0 Å². The normalized spacial score (nSPS) is 22.9. The van der Waals surface area contributed by atoms with Crippen LogP contribution in [0.5, 0.6) is 0 Å². The van der Waals surface area contributed by atoms with Crippen molar-refractivity contribution >= 4 is 5.91 Å². The van der Waals surface area contributed by atoms with Gasteiger partial charge in [0.25, 0.3) is 0 Å². The number of hydrogen-bond donors (Lipinski definition) is 1. The topological polar surface area (TPSA) is 77.0 Å². The fourth-order valence-corrected chi connectivity index (χ4v) is 5.30. The number of carbonyl (C=O) groups is 1. The number of fused-ring (bicyclic) bond motifs is 2. The first-order valence-electron chi connectivity index (χ1n) is 11.0. The highest BCUT2D eigenvalue weighted by atomic mass is 19.1. The average molecular weight is 437 g/mol. The molecule has 8 heteroatoms. The maximum Gasteiger partial charge on any atom is 0.248 e. The van der Waals surface area contributed by atoms with Crippen LogP contribution in [0, 0.1) is 11.6 Å². The lowest BCUT2D eigenvalue weighted by Crippen LogP contribution is -2.43. The molecule has 3 heterocycles. The minimum Gasteiger partial charge on any atom is -0.366 e. The fourth-order valence-electron chi connectivity index (χ4n) is 5.30. The van der Waals surface area contributed by atoms with Gasteiger partial charge in [-0.1, -0.05) is 17.3 Å². The van der Waals surface area contributed by atoms with Gasteiger partial charge < -0.3 is 5.73 Å². The molecule has 2 aromatic carbocycles. The van der Waals surface area contributed by atoms with Crippen LogP contribution in [0.15, 0.2) is 48.7 Å². The predicted octanol–water partition coefficient (Wildman–Crippen LogP) is 3.73. The van der Waals surface area contributed by atoms with Gasteiger partial charge in [0.05, 0.1) is 12.7 Å². The zero-order valence-corrected chi connectivity index (χ0v) is 17.6. The summed E-state index contributed by atoms with van der Waals surface area (Å²) in [6, 6.07) is 12.2. The van der Waals surface area contributed by atoms with E-state index in [4.69, 9.17) is 5.73 Å². The SMILES string of the molecule is NC(=O)c1cccc(C2C[C@H]3CC[C@H](C2)N3CCn2cc(-c3ccc(F)cc3F)nn2)c1. The summed E-state index contributed by atoms with van der Waals surface area (Å²) in [4.78, 5) is 14.1. The van der Waals surface area contributed by atoms with Crippen LogP contribution in [0.2, 0.25) is 0 Å². The Kier molecular flexibility index (Phi) is 5.46. The molecule has 2 atom stereocenters. The number of amides is 1. The van der Waals surface area contributed by atoms with E-state index in [-0.39, 0.29) is 11.5 Å². The minimum absolute atomic E-state index is 0.247. The van der Waals surface area contributed by atoms with Crippen LogP contribution >= 0.6 is 0 Å². The summed E-state index contributed by atoms with van der Waals surface area (Å²) in [5, 5.41) is 8.20. The Morgan fingerprint density at radius 1 is 1.06 bits per heavy atom. The van der Waals surface area contributed by atoms with Crippen molar-refractivity contribution in [3.8, 4) is 11.3 Å². The maximum atomic E-state index is 14.0. The molecule has 0 unspecified atom stereocenters. The first-order valence-corrected chi connectivity index (χ1v) is 11.0. The summed E-state index contributed by atoms with van der Waals surface area (Å²) >= 11 is 0. The van der Waals surface area contributed by atoms with Gasteiger partial charge in [-0.05, 0) is 61.4 Å². The number of aromatic nitrogens is 3. The molecule has 1 aromatic heterocycles. The molecule has 6 nitrogen and oxygen atoms in total. The number of nitrogens with two attached hydrogens (primary N) is 1. The van der Waals surface area contributed by atoms with E-state index in [0.717, 1.165) is 25.5 Å². The molecule has 0 saturated carbocycles. The molecule has 2 N–H and O–H groups in total. The zero-order valence-electron chi connectivity index (χ0n) is 17.6. The van der Waals surface area contributed by atoms with Crippen molar-refractivity contribution in [3.05, 3.63) is 71.4 Å². The van der Waals surface area contributed by atoms with Gasteiger partial charge in [0.2, 0.25) is 5.91 Å². The van der Waals surface area contributed by atoms with Crippen LogP contribution in [-0.2, 0) is 6.54 Å². The lowest BCUT2D eigenvalue weighted by Gasteiger charge is -2.39. The lowest BCUT2D eigenvalue weighted by atomic mass is 9.84. The van der Waals surface area contributed by atoms with E-state index in [2.05, 4.69) is 21.3 Å². The zero-order chi connectivity index (χ0) is 22.2. The van der Waals surface area contributed by atoms with Crippen LogP contribution in [-0.4, -0.2) is 44.4 Å². The second-order valence-corrected chi connectivity index (χ2v) is 8.77. The first-order chi connectivity index (χ1) is 15.5. The van der Waals surface area contributed by atoms with Gasteiger partial charge in [0.15, 0.2) is 0 Å². The van der Waals surface area contributed by atoms with E-state index in [1.54, 1.807) is 16.9 Å². The van der Waals surface area contributed by atoms with Crippen molar-refractivity contribution in [2.45, 2.75) is 50.2 Å². The Morgan fingerprint density at radius 3 is 2.56 bits per heavy atom. The van der Waals surface area contributed by atoms with Gasteiger partial charge in [-0.15, -0.1) is 5.10 Å². The highest BCUT2D eigenvalue weighted by Crippen LogP contribution is 2.43. The van der Waals surface area contributed by atoms with Gasteiger partial charge in [0, 0.05) is 35.8 Å². The van der Waals surface area contributed by atoms with Crippen LogP contribution < -0.4 is 5.73 Å². The highest BCUT2D eigenvalue weighted by molar-refractivity contribution is 5.92. The Morgan fingerprint density at radius 2 is 1.84 bits per heavy atom. The van der Waals surface area contributed by atoms with E-state index >= 15 is 0 Å². The molecule has 2 bridgehead atoms. The monoisotopic (exact) mass is 437 g/mol. The molecule has 2 saturated heterocycles. The number of piperidine rings is 1. The second-order valence-electron chi connectivity index (χ2n) is 8.77. The Bertz CT molecular complexity index is 1130. The number of rotatable bonds is 6. The average Bonchev–Trinajstić information content (AvgIpc) is 3.33. The molecule has 0 radical (unpaired) electrons. The summed E-state index contributed by atoms with van der Waals surface area (Å²) in [5.74, 6) is -1.21. The number of halogens is 2. The highest BCUT2D eigenvalue weighted by Gasteiger charge is 2.40. The number of carbonyl (C=O) groups excluding carboxylic acids is 1. The van der Waals surface area contributed by atoms with Crippen molar-refractivity contribution in [2.24, 2.45) is 5.73 Å². The predicted molar refractivity (Wildman–Crippen MR) is 116 cm³/mol. The summed E-state index contributed by atoms with van der Waals surface area (Å²) < 4.78 is 28.9. The van der Waals surface area contributed by atoms with Crippen molar-refractivity contribution < 1.29 is 13.6 Å². The van der Waals surface area contributed by atoms with Crippen molar-refractivity contribution in [1.29, 1.82) is 0 Å². The molecule has 166 valence electrons. The fraction of sp³-hybridized carbons (Fsp3) is 0.375. The van der Waals surface area contributed by atoms with E-state index in [0.29, 0.717) is 35.8 Å². The van der Waals surface area contributed by atoms with Gasteiger partial charge in [-0.25, -0.2) is 8.78 Å². The van der Waals surface area contributed by atoms with E-state index < -0.39 is 11.6 Å². The quantitative estimate of drug-likeness (QED) is 0.638. The Labute approximate surface area is 185 Å².